The summed E-state index contributed by atoms with van der Waals surface area (Å²) < 4.78 is 0. The second-order valence-electron chi connectivity index (χ2n) is 9.58. The monoisotopic (exact) mass is 432 g/mol. The van der Waals surface area contributed by atoms with E-state index in [9.17, 15) is 9.59 Å². The Kier molecular flexibility index (Phi) is 6.11. The van der Waals surface area contributed by atoms with Crippen molar-refractivity contribution in [2.45, 2.75) is 51.2 Å². The van der Waals surface area contributed by atoms with Crippen LogP contribution in [0.15, 0.2) is 24.3 Å². The molecule has 7 heteroatoms. The first-order valence-corrected chi connectivity index (χ1v) is 11.4. The van der Waals surface area contributed by atoms with Crippen LogP contribution in [0.3, 0.4) is 0 Å². The molecule has 0 aliphatic carbocycles. The van der Waals surface area contributed by atoms with Crippen molar-refractivity contribution in [2.75, 3.05) is 45.8 Å². The van der Waals surface area contributed by atoms with Crippen LogP contribution < -0.4 is 0 Å². The Morgan fingerprint density at radius 3 is 2.23 bits per heavy atom. The van der Waals surface area contributed by atoms with Crippen molar-refractivity contribution < 1.29 is 9.59 Å². The molecule has 1 atom stereocenters. The zero-order valence-electron chi connectivity index (χ0n) is 18.3. The molecule has 1 unspecified atom stereocenters. The number of benzene rings is 1. The summed E-state index contributed by atoms with van der Waals surface area (Å²) in [7, 11) is 0. The van der Waals surface area contributed by atoms with Crippen molar-refractivity contribution in [3.8, 4) is 0 Å². The number of hydrogen-bond acceptors (Lipinski definition) is 4. The van der Waals surface area contributed by atoms with Gasteiger partial charge in [0.25, 0.3) is 5.91 Å². The van der Waals surface area contributed by atoms with E-state index in [4.69, 9.17) is 11.6 Å². The number of piperidine rings is 1. The molecular formula is C23H33ClN4O2. The molecule has 3 aliphatic rings. The number of piperazine rings is 2. The molecule has 0 bridgehead atoms. The maximum atomic E-state index is 13.2. The number of rotatable bonds is 2. The van der Waals surface area contributed by atoms with Crippen LogP contribution in [-0.4, -0.2) is 94.8 Å². The third kappa shape index (κ3) is 4.36. The SMILES string of the molecule is CC(=O)N1CCC(N2CCN3C(CN(C(=O)c4ccc(Cl)cc4)CC3(C)C)C2)CC1. The van der Waals surface area contributed by atoms with E-state index in [0.717, 1.165) is 58.7 Å². The summed E-state index contributed by atoms with van der Waals surface area (Å²) in [5, 5.41) is 0.649. The van der Waals surface area contributed by atoms with Gasteiger partial charge < -0.3 is 9.80 Å². The Morgan fingerprint density at radius 1 is 0.933 bits per heavy atom. The molecule has 164 valence electrons. The molecule has 6 nitrogen and oxygen atoms in total. The van der Waals surface area contributed by atoms with Crippen LogP contribution >= 0.6 is 11.6 Å². The minimum Gasteiger partial charge on any atom is -0.343 e. The highest BCUT2D eigenvalue weighted by Crippen LogP contribution is 2.31. The standard InChI is InChI=1S/C23H33ClN4O2/c1-17(29)25-10-8-20(9-11-25)26-12-13-28-21(14-26)15-27(16-23(28,2)3)22(30)18-4-6-19(24)7-5-18/h4-7,20-21H,8-16H2,1-3H3. The summed E-state index contributed by atoms with van der Waals surface area (Å²) in [5.74, 6) is 0.273. The smallest absolute Gasteiger partial charge is 0.253 e. The van der Waals surface area contributed by atoms with Gasteiger partial charge >= 0.3 is 0 Å². The molecule has 1 aromatic carbocycles. The molecular weight excluding hydrogens is 400 g/mol. The first kappa shape index (κ1) is 21.6. The van der Waals surface area contributed by atoms with E-state index in [1.807, 2.05) is 21.9 Å². The highest BCUT2D eigenvalue weighted by Gasteiger charge is 2.45. The zero-order chi connectivity index (χ0) is 21.5. The van der Waals surface area contributed by atoms with E-state index in [1.165, 1.54) is 0 Å². The number of carbonyl (C=O) groups is 2. The van der Waals surface area contributed by atoms with Crippen molar-refractivity contribution >= 4 is 23.4 Å². The van der Waals surface area contributed by atoms with Crippen LogP contribution in [0, 0.1) is 0 Å². The third-order valence-corrected chi connectivity index (χ3v) is 7.36. The van der Waals surface area contributed by atoms with E-state index >= 15 is 0 Å². The Labute approximate surface area is 184 Å². The van der Waals surface area contributed by atoms with Crippen molar-refractivity contribution in [1.29, 1.82) is 0 Å². The van der Waals surface area contributed by atoms with E-state index in [2.05, 4.69) is 23.6 Å². The molecule has 2 amide bonds. The molecule has 3 heterocycles. The summed E-state index contributed by atoms with van der Waals surface area (Å²) >= 11 is 6.00. The predicted molar refractivity (Wildman–Crippen MR) is 119 cm³/mol. The summed E-state index contributed by atoms with van der Waals surface area (Å²) in [6.07, 6.45) is 2.09. The van der Waals surface area contributed by atoms with Crippen LogP contribution in [-0.2, 0) is 4.79 Å². The summed E-state index contributed by atoms with van der Waals surface area (Å²) in [5.41, 5.74) is 0.655. The lowest BCUT2D eigenvalue weighted by Crippen LogP contribution is -2.71. The van der Waals surface area contributed by atoms with Crippen molar-refractivity contribution in [1.82, 2.24) is 19.6 Å². The number of fused-ring (bicyclic) bond motifs is 1. The molecule has 0 spiro atoms. The van der Waals surface area contributed by atoms with Gasteiger partial charge in [0.15, 0.2) is 0 Å². The molecule has 3 aliphatic heterocycles. The zero-order valence-corrected chi connectivity index (χ0v) is 19.1. The second kappa shape index (κ2) is 8.48. The molecule has 0 radical (unpaired) electrons. The van der Waals surface area contributed by atoms with Gasteiger partial charge in [0, 0.05) is 80.9 Å². The van der Waals surface area contributed by atoms with E-state index in [1.54, 1.807) is 19.1 Å². The third-order valence-electron chi connectivity index (χ3n) is 7.11. The fourth-order valence-corrected chi connectivity index (χ4v) is 5.64. The Balaban J connectivity index is 1.43. The topological polar surface area (TPSA) is 47.1 Å². The van der Waals surface area contributed by atoms with E-state index in [-0.39, 0.29) is 17.4 Å². The molecule has 3 saturated heterocycles. The first-order chi connectivity index (χ1) is 14.2. The Morgan fingerprint density at radius 2 is 1.60 bits per heavy atom. The second-order valence-corrected chi connectivity index (χ2v) is 10.0. The number of nitrogens with zero attached hydrogens (tertiary/aromatic N) is 4. The molecule has 0 aromatic heterocycles. The van der Waals surface area contributed by atoms with Gasteiger partial charge in [-0.15, -0.1) is 0 Å². The van der Waals surface area contributed by atoms with Crippen LogP contribution in [0.2, 0.25) is 5.02 Å². The summed E-state index contributed by atoms with van der Waals surface area (Å²) in [6.45, 7) is 12.5. The molecule has 30 heavy (non-hydrogen) atoms. The Hall–Kier alpha value is -1.63. The van der Waals surface area contributed by atoms with Gasteiger partial charge in [0.1, 0.15) is 0 Å². The van der Waals surface area contributed by atoms with E-state index < -0.39 is 0 Å². The van der Waals surface area contributed by atoms with E-state index in [0.29, 0.717) is 22.7 Å². The summed E-state index contributed by atoms with van der Waals surface area (Å²) in [6, 6.07) is 8.08. The normalized spacial score (nSPS) is 25.8. The lowest BCUT2D eigenvalue weighted by Gasteiger charge is -2.56. The van der Waals surface area contributed by atoms with Gasteiger partial charge in [0.2, 0.25) is 5.91 Å². The maximum absolute atomic E-state index is 13.2. The fourth-order valence-electron chi connectivity index (χ4n) is 5.52. The van der Waals surface area contributed by atoms with Gasteiger partial charge in [-0.2, -0.15) is 0 Å². The summed E-state index contributed by atoms with van der Waals surface area (Å²) in [4.78, 5) is 34.0. The molecule has 0 saturated carbocycles. The predicted octanol–water partition coefficient (Wildman–Crippen LogP) is 2.57. The molecule has 0 N–H and O–H groups in total. The highest BCUT2D eigenvalue weighted by molar-refractivity contribution is 6.30. The number of halogens is 1. The molecule has 4 rings (SSSR count). The maximum Gasteiger partial charge on any atom is 0.253 e. The Bertz CT molecular complexity index is 789. The minimum atomic E-state index is -0.0465. The van der Waals surface area contributed by atoms with Crippen LogP contribution in [0.1, 0.15) is 44.0 Å². The van der Waals surface area contributed by atoms with Crippen LogP contribution in [0.4, 0.5) is 0 Å². The lowest BCUT2D eigenvalue weighted by atomic mass is 9.91. The molecule has 3 fully saturated rings. The van der Waals surface area contributed by atoms with Gasteiger partial charge in [0.05, 0.1) is 0 Å². The fraction of sp³-hybridized carbons (Fsp3) is 0.652. The van der Waals surface area contributed by atoms with Gasteiger partial charge in [-0.1, -0.05) is 11.6 Å². The minimum absolute atomic E-state index is 0.0465. The van der Waals surface area contributed by atoms with Crippen LogP contribution in [0.25, 0.3) is 0 Å². The van der Waals surface area contributed by atoms with Crippen LogP contribution in [0.5, 0.6) is 0 Å². The quantitative estimate of drug-likeness (QED) is 0.720. The molecule has 1 aromatic rings. The van der Waals surface area contributed by atoms with Gasteiger partial charge in [-0.25, -0.2) is 0 Å². The average molecular weight is 433 g/mol. The first-order valence-electron chi connectivity index (χ1n) is 11.1. The van der Waals surface area contributed by atoms with Gasteiger partial charge in [-0.05, 0) is 51.0 Å². The van der Waals surface area contributed by atoms with Crippen molar-refractivity contribution in [3.63, 3.8) is 0 Å². The van der Waals surface area contributed by atoms with Gasteiger partial charge in [-0.3, -0.25) is 19.4 Å². The number of hydrogen-bond donors (Lipinski definition) is 0. The number of likely N-dealkylation sites (tertiary alicyclic amines) is 1. The lowest BCUT2D eigenvalue weighted by molar-refractivity contribution is -0.130. The average Bonchev–Trinajstić information content (AvgIpc) is 2.73. The van der Waals surface area contributed by atoms with Crippen molar-refractivity contribution in [3.05, 3.63) is 34.9 Å². The highest BCUT2D eigenvalue weighted by atomic mass is 35.5. The number of carbonyl (C=O) groups excluding carboxylic acids is 2. The largest absolute Gasteiger partial charge is 0.343 e. The van der Waals surface area contributed by atoms with Crippen molar-refractivity contribution in [2.24, 2.45) is 0 Å². The number of amides is 2.